The van der Waals surface area contributed by atoms with Gasteiger partial charge < -0.3 is 24.5 Å². The van der Waals surface area contributed by atoms with Crippen molar-refractivity contribution in [3.63, 3.8) is 0 Å². The average Bonchev–Trinajstić information content (AvgIpc) is 3.26. The molecule has 0 bridgehead atoms. The number of carbonyl (C=O) groups is 1. The first-order valence-corrected chi connectivity index (χ1v) is 11.9. The van der Waals surface area contributed by atoms with Gasteiger partial charge in [0, 0.05) is 35.3 Å². The molecule has 0 aliphatic carbocycles. The van der Waals surface area contributed by atoms with Gasteiger partial charge in [-0.05, 0) is 41.8 Å². The number of carbonyl (C=O) groups excluding carboxylic acids is 1. The van der Waals surface area contributed by atoms with Gasteiger partial charge in [0.05, 0.1) is 24.8 Å². The highest BCUT2D eigenvalue weighted by Gasteiger charge is 2.47. The Morgan fingerprint density at radius 3 is 2.72 bits per heavy atom. The number of methoxy groups -OCH3 is 1. The van der Waals surface area contributed by atoms with Gasteiger partial charge in [-0.3, -0.25) is 9.59 Å². The number of nitrogens with zero attached hydrogens (tertiary/aromatic N) is 4. The van der Waals surface area contributed by atoms with E-state index >= 15 is 0 Å². The monoisotopic (exact) mass is 534 g/mol. The van der Waals surface area contributed by atoms with Crippen LogP contribution in [0.15, 0.2) is 65.7 Å². The summed E-state index contributed by atoms with van der Waals surface area (Å²) in [6.45, 7) is -1.24. The quantitative estimate of drug-likeness (QED) is 0.332. The molecule has 1 saturated heterocycles. The summed E-state index contributed by atoms with van der Waals surface area (Å²) in [4.78, 5) is 37.1. The molecule has 1 amide bonds. The van der Waals surface area contributed by atoms with Gasteiger partial charge in [0.25, 0.3) is 17.4 Å². The largest absolute Gasteiger partial charge is 0.364 e. The molecule has 2 aromatic carbocycles. The van der Waals surface area contributed by atoms with E-state index in [-0.39, 0.29) is 29.6 Å². The Kier molecular flexibility index (Phi) is 5.83. The van der Waals surface area contributed by atoms with Crippen LogP contribution in [0.2, 0.25) is 0 Å². The normalized spacial score (nSPS) is 14.5. The fourth-order valence-corrected chi connectivity index (χ4v) is 4.66. The summed E-state index contributed by atoms with van der Waals surface area (Å²) in [5.74, 6) is -3.91. The Hall–Kier alpha value is -4.71. The fraction of sp³-hybridized carbons (Fsp3) is 0.185. The molecule has 0 spiro atoms. The summed E-state index contributed by atoms with van der Waals surface area (Å²) in [6.07, 6.45) is 2.58. The van der Waals surface area contributed by atoms with Crippen LogP contribution in [0.1, 0.15) is 10.5 Å². The molecule has 4 heterocycles. The molecule has 0 saturated carbocycles. The summed E-state index contributed by atoms with van der Waals surface area (Å²) in [5, 5.41) is 4.81. The van der Waals surface area contributed by atoms with E-state index in [1.807, 2.05) is 0 Å². The van der Waals surface area contributed by atoms with E-state index in [2.05, 4.69) is 20.3 Å². The second kappa shape index (κ2) is 9.24. The van der Waals surface area contributed by atoms with E-state index in [0.29, 0.717) is 32.9 Å². The predicted octanol–water partition coefficient (Wildman–Crippen LogP) is 4.52. The van der Waals surface area contributed by atoms with E-state index in [1.165, 1.54) is 13.3 Å². The summed E-state index contributed by atoms with van der Waals surface area (Å²) in [5.41, 5.74) is 1.67. The smallest absolute Gasteiger partial charge is 0.282 e. The topological polar surface area (TPSA) is 105 Å². The van der Waals surface area contributed by atoms with E-state index in [1.54, 1.807) is 53.1 Å². The lowest BCUT2D eigenvalue weighted by atomic mass is 10.1. The molecule has 0 unspecified atom stereocenters. The third kappa shape index (κ3) is 4.48. The first-order chi connectivity index (χ1) is 18.7. The highest BCUT2D eigenvalue weighted by Crippen LogP contribution is 2.31. The maximum Gasteiger partial charge on any atom is 0.282 e. The minimum atomic E-state index is -2.88. The van der Waals surface area contributed by atoms with Crippen LogP contribution in [0.4, 0.5) is 24.7 Å². The summed E-state index contributed by atoms with van der Waals surface area (Å²) >= 11 is 0. The van der Waals surface area contributed by atoms with Gasteiger partial charge >= 0.3 is 0 Å². The number of fused-ring (bicyclic) bond motifs is 2. The number of alkyl halides is 2. The van der Waals surface area contributed by atoms with Crippen molar-refractivity contribution in [1.29, 1.82) is 0 Å². The SMILES string of the molecule is COCn1c(C(=O)N2CC(F)(F)C2)cc2ccc(-c3ncc(F)c(Nc4ccc5c(=O)[nH]ccc5c4)n3)cc21. The number of halogens is 3. The molecule has 0 atom stereocenters. The number of nitrogens with one attached hydrogen (secondary N) is 2. The zero-order valence-electron chi connectivity index (χ0n) is 20.5. The third-order valence-corrected chi connectivity index (χ3v) is 6.55. The second-order valence-electron chi connectivity index (χ2n) is 9.29. The maximum absolute atomic E-state index is 14.7. The number of benzene rings is 2. The summed E-state index contributed by atoms with van der Waals surface area (Å²) in [6, 6.07) is 13.6. The van der Waals surface area contributed by atoms with Crippen LogP contribution in [0.3, 0.4) is 0 Å². The van der Waals surface area contributed by atoms with Crippen LogP contribution < -0.4 is 10.9 Å². The van der Waals surface area contributed by atoms with Crippen LogP contribution in [-0.4, -0.2) is 56.4 Å². The molecular weight excluding hydrogens is 513 g/mol. The van der Waals surface area contributed by atoms with Gasteiger partial charge in [-0.2, -0.15) is 0 Å². The lowest BCUT2D eigenvalue weighted by Gasteiger charge is -2.38. The molecule has 0 radical (unpaired) electrons. The highest BCUT2D eigenvalue weighted by molar-refractivity contribution is 6.00. The zero-order valence-corrected chi connectivity index (χ0v) is 20.5. The number of ether oxygens (including phenoxy) is 1. The van der Waals surface area contributed by atoms with Crippen LogP contribution in [-0.2, 0) is 11.5 Å². The lowest BCUT2D eigenvalue weighted by molar-refractivity contribution is -0.113. The number of hydrogen-bond donors (Lipinski definition) is 2. The standard InChI is InChI=1S/C27H21F3N6O3/c1-39-14-36-21-10-17(3-2-16(21)9-22(36)26(38)35-12-27(29,30)13-35)23-32-11-20(28)24(34-23)33-18-4-5-19-15(8-18)6-7-31-25(19)37/h2-11H,12-14H2,1H3,(H,31,37)(H,32,33,34). The van der Waals surface area contributed by atoms with Crippen molar-refractivity contribution < 1.29 is 22.7 Å². The predicted molar refractivity (Wildman–Crippen MR) is 139 cm³/mol. The number of anilines is 2. The minimum Gasteiger partial charge on any atom is -0.364 e. The second-order valence-corrected chi connectivity index (χ2v) is 9.29. The average molecular weight is 534 g/mol. The number of likely N-dealkylation sites (tertiary alicyclic amines) is 1. The van der Waals surface area contributed by atoms with Crippen LogP contribution in [0, 0.1) is 5.82 Å². The number of rotatable bonds is 6. The first-order valence-electron chi connectivity index (χ1n) is 11.9. The zero-order chi connectivity index (χ0) is 27.3. The van der Waals surface area contributed by atoms with Crippen molar-refractivity contribution in [3.05, 3.63) is 82.8 Å². The number of hydrogen-bond acceptors (Lipinski definition) is 6. The van der Waals surface area contributed by atoms with Crippen molar-refractivity contribution >= 4 is 39.1 Å². The molecule has 1 fully saturated rings. The van der Waals surface area contributed by atoms with Crippen molar-refractivity contribution in [2.45, 2.75) is 12.7 Å². The van der Waals surface area contributed by atoms with Crippen molar-refractivity contribution in [1.82, 2.24) is 24.4 Å². The van der Waals surface area contributed by atoms with Crippen LogP contribution in [0.25, 0.3) is 33.1 Å². The molecule has 12 heteroatoms. The molecule has 2 N–H and O–H groups in total. The first kappa shape index (κ1) is 24.6. The summed E-state index contributed by atoms with van der Waals surface area (Å²) in [7, 11) is 1.46. The molecule has 6 rings (SSSR count). The van der Waals surface area contributed by atoms with Crippen LogP contribution >= 0.6 is 0 Å². The van der Waals surface area contributed by atoms with E-state index < -0.39 is 30.7 Å². The molecule has 39 heavy (non-hydrogen) atoms. The molecular formula is C27H21F3N6O3. The Morgan fingerprint density at radius 2 is 1.95 bits per heavy atom. The van der Waals surface area contributed by atoms with E-state index in [0.717, 1.165) is 11.1 Å². The Labute approximate surface area is 218 Å². The van der Waals surface area contributed by atoms with Gasteiger partial charge in [-0.25, -0.2) is 23.1 Å². The number of amides is 1. The number of H-pyrrole nitrogens is 1. The molecule has 1 aliphatic heterocycles. The number of aromatic amines is 1. The number of pyridine rings is 1. The highest BCUT2D eigenvalue weighted by atomic mass is 19.3. The van der Waals surface area contributed by atoms with Gasteiger partial charge in [0.15, 0.2) is 17.5 Å². The minimum absolute atomic E-state index is 0.0140. The van der Waals surface area contributed by atoms with Gasteiger partial charge in [0.2, 0.25) is 0 Å². The maximum atomic E-state index is 14.7. The Morgan fingerprint density at radius 1 is 1.13 bits per heavy atom. The Bertz CT molecular complexity index is 1810. The molecule has 198 valence electrons. The third-order valence-electron chi connectivity index (χ3n) is 6.55. The number of aromatic nitrogens is 4. The Balaban J connectivity index is 1.34. The van der Waals surface area contributed by atoms with Crippen molar-refractivity contribution in [3.8, 4) is 11.4 Å². The van der Waals surface area contributed by atoms with Crippen molar-refractivity contribution in [2.75, 3.05) is 25.5 Å². The van der Waals surface area contributed by atoms with Gasteiger partial charge in [-0.1, -0.05) is 12.1 Å². The van der Waals surface area contributed by atoms with Crippen LogP contribution in [0.5, 0.6) is 0 Å². The molecule has 9 nitrogen and oxygen atoms in total. The summed E-state index contributed by atoms with van der Waals surface area (Å²) < 4.78 is 48.3. The molecule has 1 aliphatic rings. The lowest BCUT2D eigenvalue weighted by Crippen LogP contribution is -2.58. The molecule has 5 aromatic rings. The van der Waals surface area contributed by atoms with E-state index in [9.17, 15) is 22.8 Å². The van der Waals surface area contributed by atoms with Crippen molar-refractivity contribution in [2.24, 2.45) is 0 Å². The molecule has 3 aromatic heterocycles. The van der Waals surface area contributed by atoms with E-state index in [4.69, 9.17) is 4.74 Å². The fourth-order valence-electron chi connectivity index (χ4n) is 4.66. The van der Waals surface area contributed by atoms with Gasteiger partial charge in [0.1, 0.15) is 12.4 Å². The van der Waals surface area contributed by atoms with Gasteiger partial charge in [-0.15, -0.1) is 0 Å².